The summed E-state index contributed by atoms with van der Waals surface area (Å²) in [7, 11) is 0. The number of nitrogens with one attached hydrogen (secondary N) is 2. The quantitative estimate of drug-likeness (QED) is 0.375. The molecule has 0 spiro atoms. The molecule has 3 heteroatoms. The van der Waals surface area contributed by atoms with Crippen LogP contribution in [0.3, 0.4) is 0 Å². The topological polar surface area (TPSA) is 24.1 Å². The summed E-state index contributed by atoms with van der Waals surface area (Å²) in [5.74, 6) is 1.04. The predicted octanol–water partition coefficient (Wildman–Crippen LogP) is 6.98. The molecule has 28 heavy (non-hydrogen) atoms. The molecule has 3 unspecified atom stereocenters. The van der Waals surface area contributed by atoms with Crippen LogP contribution < -0.4 is 10.6 Å². The number of hydrogen-bond donors (Lipinski definition) is 2. The van der Waals surface area contributed by atoms with Crippen LogP contribution in [0, 0.1) is 5.92 Å². The van der Waals surface area contributed by atoms with Crippen molar-refractivity contribution < 1.29 is 0 Å². The fourth-order valence-electron chi connectivity index (χ4n) is 4.50. The van der Waals surface area contributed by atoms with Gasteiger partial charge in [0.15, 0.2) is 0 Å². The number of fused-ring (bicyclic) bond motifs is 3. The number of benzene rings is 3. The molecule has 3 aromatic carbocycles. The summed E-state index contributed by atoms with van der Waals surface area (Å²) in [5.41, 5.74) is 6.31. The van der Waals surface area contributed by atoms with Crippen LogP contribution in [0.1, 0.15) is 29.5 Å². The molecule has 5 rings (SSSR count). The highest BCUT2D eigenvalue weighted by Gasteiger charge is 2.37. The zero-order valence-electron chi connectivity index (χ0n) is 15.9. The lowest BCUT2D eigenvalue weighted by molar-refractivity contribution is 0.425. The maximum absolute atomic E-state index is 3.84. The lowest BCUT2D eigenvalue weighted by Gasteiger charge is -2.38. The fraction of sp³-hybridized carbons (Fsp3) is 0.200. The van der Waals surface area contributed by atoms with Gasteiger partial charge in [0.05, 0.1) is 6.04 Å². The van der Waals surface area contributed by atoms with Crippen molar-refractivity contribution in [2.24, 2.45) is 5.92 Å². The Morgan fingerprint density at radius 1 is 0.929 bits per heavy atom. The van der Waals surface area contributed by atoms with E-state index in [0.29, 0.717) is 17.9 Å². The first-order valence-electron chi connectivity index (χ1n) is 9.85. The minimum absolute atomic E-state index is 0.358. The van der Waals surface area contributed by atoms with Crippen LogP contribution in [0.2, 0.25) is 0 Å². The fourth-order valence-corrected chi connectivity index (χ4v) is 4.91. The Bertz CT molecular complexity index is 995. The minimum atomic E-state index is 0.358. The number of hydrogen-bond acceptors (Lipinski definition) is 3. The van der Waals surface area contributed by atoms with E-state index in [1.165, 1.54) is 21.7 Å². The molecule has 2 N–H and O–H groups in total. The van der Waals surface area contributed by atoms with Crippen LogP contribution in [0.5, 0.6) is 0 Å². The molecule has 0 saturated carbocycles. The number of allylic oxidation sites excluding steroid dienone is 2. The van der Waals surface area contributed by atoms with Gasteiger partial charge in [-0.2, -0.15) is 0 Å². The van der Waals surface area contributed by atoms with Crippen molar-refractivity contribution in [1.29, 1.82) is 0 Å². The number of anilines is 3. The molecule has 0 bridgehead atoms. The summed E-state index contributed by atoms with van der Waals surface area (Å²) >= 11 is 1.79. The molecule has 2 nitrogen and oxygen atoms in total. The van der Waals surface area contributed by atoms with Gasteiger partial charge in [0.25, 0.3) is 0 Å². The SMILES string of the molecule is CSc1ccc(C2Nc3ccc(Nc4ccccc4)cc3C3C=CCC32)cc1. The zero-order chi connectivity index (χ0) is 18.9. The molecule has 1 heterocycles. The van der Waals surface area contributed by atoms with Crippen molar-refractivity contribution in [1.82, 2.24) is 0 Å². The van der Waals surface area contributed by atoms with E-state index in [4.69, 9.17) is 0 Å². The van der Waals surface area contributed by atoms with Crippen LogP contribution in [-0.4, -0.2) is 6.26 Å². The van der Waals surface area contributed by atoms with Crippen molar-refractivity contribution in [2.75, 3.05) is 16.9 Å². The smallest absolute Gasteiger partial charge is 0.0553 e. The Morgan fingerprint density at radius 2 is 1.75 bits per heavy atom. The Balaban J connectivity index is 1.46. The summed E-state index contributed by atoms with van der Waals surface area (Å²) in [6, 6.07) is 26.5. The highest BCUT2D eigenvalue weighted by Crippen LogP contribution is 2.50. The van der Waals surface area contributed by atoms with Crippen LogP contribution >= 0.6 is 11.8 Å². The minimum Gasteiger partial charge on any atom is -0.378 e. The summed E-state index contributed by atoms with van der Waals surface area (Å²) < 4.78 is 0. The van der Waals surface area contributed by atoms with Gasteiger partial charge in [-0.1, -0.05) is 42.5 Å². The van der Waals surface area contributed by atoms with Gasteiger partial charge in [-0.3, -0.25) is 0 Å². The average molecular weight is 385 g/mol. The molecule has 0 aromatic heterocycles. The molecule has 0 radical (unpaired) electrons. The second kappa shape index (κ2) is 7.40. The molecule has 3 aromatic rings. The summed E-state index contributed by atoms with van der Waals surface area (Å²) in [4.78, 5) is 1.32. The van der Waals surface area contributed by atoms with E-state index >= 15 is 0 Å². The van der Waals surface area contributed by atoms with Gasteiger partial charge in [-0.15, -0.1) is 11.8 Å². The van der Waals surface area contributed by atoms with Crippen molar-refractivity contribution >= 4 is 28.8 Å². The second-order valence-electron chi connectivity index (χ2n) is 7.54. The summed E-state index contributed by atoms with van der Waals surface area (Å²) in [5, 5.41) is 7.37. The van der Waals surface area contributed by atoms with Crippen LogP contribution in [0.4, 0.5) is 17.1 Å². The van der Waals surface area contributed by atoms with Gasteiger partial charge in [0.2, 0.25) is 0 Å². The van der Waals surface area contributed by atoms with Gasteiger partial charge in [0.1, 0.15) is 0 Å². The molecule has 0 saturated heterocycles. The maximum Gasteiger partial charge on any atom is 0.0553 e. The van der Waals surface area contributed by atoms with Crippen LogP contribution in [-0.2, 0) is 0 Å². The Hall–Kier alpha value is -2.65. The zero-order valence-corrected chi connectivity index (χ0v) is 16.7. The molecule has 0 amide bonds. The van der Waals surface area contributed by atoms with E-state index in [0.717, 1.165) is 17.8 Å². The molecule has 140 valence electrons. The molecule has 3 atom stereocenters. The molecular weight excluding hydrogens is 360 g/mol. The van der Waals surface area contributed by atoms with Gasteiger partial charge < -0.3 is 10.6 Å². The van der Waals surface area contributed by atoms with E-state index in [2.05, 4.69) is 95.8 Å². The van der Waals surface area contributed by atoms with Gasteiger partial charge in [-0.25, -0.2) is 0 Å². The monoisotopic (exact) mass is 384 g/mol. The van der Waals surface area contributed by atoms with Crippen molar-refractivity contribution in [3.8, 4) is 0 Å². The van der Waals surface area contributed by atoms with E-state index < -0.39 is 0 Å². The maximum atomic E-state index is 3.84. The van der Waals surface area contributed by atoms with Gasteiger partial charge in [-0.05, 0) is 72.2 Å². The van der Waals surface area contributed by atoms with Crippen LogP contribution in [0.25, 0.3) is 0 Å². The third kappa shape index (κ3) is 3.20. The summed E-state index contributed by atoms with van der Waals surface area (Å²) in [6.07, 6.45) is 8.01. The molecule has 1 aliphatic heterocycles. The predicted molar refractivity (Wildman–Crippen MR) is 121 cm³/mol. The number of para-hydroxylation sites is 1. The second-order valence-corrected chi connectivity index (χ2v) is 8.42. The van der Waals surface area contributed by atoms with Gasteiger partial charge in [0, 0.05) is 27.9 Å². The highest BCUT2D eigenvalue weighted by atomic mass is 32.2. The van der Waals surface area contributed by atoms with Gasteiger partial charge >= 0.3 is 0 Å². The molecular formula is C25H24N2S. The van der Waals surface area contributed by atoms with E-state index in [-0.39, 0.29) is 0 Å². The number of rotatable bonds is 4. The molecule has 2 aliphatic rings. The van der Waals surface area contributed by atoms with Crippen molar-refractivity contribution in [3.63, 3.8) is 0 Å². The van der Waals surface area contributed by atoms with Crippen molar-refractivity contribution in [2.45, 2.75) is 23.3 Å². The average Bonchev–Trinajstić information content (AvgIpc) is 3.24. The largest absolute Gasteiger partial charge is 0.378 e. The first kappa shape index (κ1) is 17.4. The summed E-state index contributed by atoms with van der Waals surface area (Å²) in [6.45, 7) is 0. The number of thioether (sulfide) groups is 1. The first-order chi connectivity index (χ1) is 13.8. The molecule has 1 aliphatic carbocycles. The first-order valence-corrected chi connectivity index (χ1v) is 11.1. The van der Waals surface area contributed by atoms with E-state index in [1.807, 2.05) is 6.07 Å². The lowest BCUT2D eigenvalue weighted by Crippen LogP contribution is -2.29. The third-order valence-corrected chi connectivity index (χ3v) is 6.64. The normalized spacial score (nSPS) is 22.2. The van der Waals surface area contributed by atoms with E-state index in [9.17, 15) is 0 Å². The third-order valence-electron chi connectivity index (χ3n) is 5.90. The lowest BCUT2D eigenvalue weighted by atomic mass is 9.77. The Labute approximate surface area is 171 Å². The standard InChI is InChI=1S/C25H24N2S/c1-28-20-13-10-17(11-14-20)25-22-9-5-8-21(22)23-16-19(12-15-24(23)27-25)26-18-6-3-2-4-7-18/h2-8,10-16,21-22,25-27H,9H2,1H3. The van der Waals surface area contributed by atoms with Crippen molar-refractivity contribution in [3.05, 3.63) is 96.1 Å². The molecule has 0 fully saturated rings. The Morgan fingerprint density at radius 3 is 2.54 bits per heavy atom. The van der Waals surface area contributed by atoms with E-state index in [1.54, 1.807) is 11.8 Å². The van der Waals surface area contributed by atoms with Crippen LogP contribution in [0.15, 0.2) is 89.8 Å². The Kier molecular flexibility index (Phi) is 4.61. The highest BCUT2D eigenvalue weighted by molar-refractivity contribution is 7.98.